The highest BCUT2D eigenvalue weighted by atomic mass is 19.1. The smallest absolute Gasteiger partial charge is 0.306 e. The minimum atomic E-state index is -0.456. The van der Waals surface area contributed by atoms with E-state index in [0.717, 1.165) is 0 Å². The Balaban J connectivity index is 2.50. The predicted octanol–water partition coefficient (Wildman–Crippen LogP) is 2.42. The zero-order valence-electron chi connectivity index (χ0n) is 10.5. The summed E-state index contributed by atoms with van der Waals surface area (Å²) < 4.78 is 18.3. The van der Waals surface area contributed by atoms with Gasteiger partial charge in [0.1, 0.15) is 5.82 Å². The molecule has 0 aliphatic rings. The van der Waals surface area contributed by atoms with Gasteiger partial charge in [0, 0.05) is 6.42 Å². The molecule has 0 heterocycles. The molecule has 0 aromatic heterocycles. The molecule has 1 N–H and O–H groups in total. The van der Waals surface area contributed by atoms with Crippen molar-refractivity contribution in [2.75, 3.05) is 11.9 Å². The van der Waals surface area contributed by atoms with Gasteiger partial charge < -0.3 is 10.1 Å². The first kappa shape index (κ1) is 14.2. The third-order valence-electron chi connectivity index (χ3n) is 2.33. The van der Waals surface area contributed by atoms with Gasteiger partial charge in [0.2, 0.25) is 5.91 Å². The van der Waals surface area contributed by atoms with E-state index in [9.17, 15) is 14.0 Å². The Labute approximate surface area is 105 Å². The standard InChI is InChI=1S/C13H16FNO3/c1-3-18-12(17)8-7-11(16)15-10-6-4-5-9(2)13(10)14/h4-6H,3,7-8H2,1-2H3,(H,15,16). The lowest BCUT2D eigenvalue weighted by Gasteiger charge is -2.07. The summed E-state index contributed by atoms with van der Waals surface area (Å²) in [4.78, 5) is 22.5. The fraction of sp³-hybridized carbons (Fsp3) is 0.385. The highest BCUT2D eigenvalue weighted by Crippen LogP contribution is 2.17. The molecule has 4 nitrogen and oxygen atoms in total. The van der Waals surface area contributed by atoms with Crippen LogP contribution in [0.15, 0.2) is 18.2 Å². The van der Waals surface area contributed by atoms with Crippen molar-refractivity contribution in [3.8, 4) is 0 Å². The minimum Gasteiger partial charge on any atom is -0.466 e. The Kier molecular flexibility index (Phi) is 5.30. The predicted molar refractivity (Wildman–Crippen MR) is 65.6 cm³/mol. The molecular weight excluding hydrogens is 237 g/mol. The fourth-order valence-corrected chi connectivity index (χ4v) is 1.41. The van der Waals surface area contributed by atoms with Crippen LogP contribution >= 0.6 is 0 Å². The van der Waals surface area contributed by atoms with Crippen LogP contribution in [0.5, 0.6) is 0 Å². The number of esters is 1. The first-order valence-electron chi connectivity index (χ1n) is 5.75. The molecule has 1 aromatic carbocycles. The van der Waals surface area contributed by atoms with E-state index in [-0.39, 0.29) is 25.1 Å². The summed E-state index contributed by atoms with van der Waals surface area (Å²) in [6.07, 6.45) is -0.0284. The van der Waals surface area contributed by atoms with Crippen LogP contribution in [0.25, 0.3) is 0 Å². The van der Waals surface area contributed by atoms with Gasteiger partial charge in [-0.3, -0.25) is 9.59 Å². The molecule has 0 spiro atoms. The Hall–Kier alpha value is -1.91. The van der Waals surface area contributed by atoms with Gasteiger partial charge in [0.25, 0.3) is 0 Å². The molecule has 0 saturated carbocycles. The van der Waals surface area contributed by atoms with Crippen LogP contribution in [0.1, 0.15) is 25.3 Å². The summed E-state index contributed by atoms with van der Waals surface area (Å²) >= 11 is 0. The SMILES string of the molecule is CCOC(=O)CCC(=O)Nc1cccc(C)c1F. The molecule has 0 bridgehead atoms. The number of aryl methyl sites for hydroxylation is 1. The van der Waals surface area contributed by atoms with Crippen LogP contribution in [-0.2, 0) is 14.3 Å². The fourth-order valence-electron chi connectivity index (χ4n) is 1.41. The van der Waals surface area contributed by atoms with E-state index in [1.807, 2.05) is 0 Å². The Bertz CT molecular complexity index is 446. The van der Waals surface area contributed by atoms with Gasteiger partial charge in [-0.15, -0.1) is 0 Å². The van der Waals surface area contributed by atoms with E-state index in [0.29, 0.717) is 5.56 Å². The number of carbonyl (C=O) groups is 2. The third-order valence-corrected chi connectivity index (χ3v) is 2.33. The molecule has 5 heteroatoms. The number of nitrogens with one attached hydrogen (secondary N) is 1. The van der Waals surface area contributed by atoms with Crippen molar-refractivity contribution < 1.29 is 18.7 Å². The van der Waals surface area contributed by atoms with Gasteiger partial charge in [-0.2, -0.15) is 0 Å². The molecule has 1 amide bonds. The molecule has 0 aliphatic heterocycles. The average Bonchev–Trinajstić information content (AvgIpc) is 2.33. The van der Waals surface area contributed by atoms with Gasteiger partial charge in [0.05, 0.1) is 18.7 Å². The van der Waals surface area contributed by atoms with E-state index in [1.54, 1.807) is 26.0 Å². The number of hydrogen-bond acceptors (Lipinski definition) is 3. The first-order chi connectivity index (χ1) is 8.54. The normalized spacial score (nSPS) is 9.94. The number of amides is 1. The van der Waals surface area contributed by atoms with Gasteiger partial charge in [-0.05, 0) is 25.5 Å². The third kappa shape index (κ3) is 4.16. The van der Waals surface area contributed by atoms with Gasteiger partial charge in [0.15, 0.2) is 0 Å². The number of rotatable bonds is 5. The second-order valence-corrected chi connectivity index (χ2v) is 3.79. The highest BCUT2D eigenvalue weighted by molar-refractivity contribution is 5.92. The van der Waals surface area contributed by atoms with E-state index in [1.165, 1.54) is 6.07 Å². The van der Waals surface area contributed by atoms with Crippen molar-refractivity contribution in [1.29, 1.82) is 0 Å². The van der Waals surface area contributed by atoms with Crippen LogP contribution in [-0.4, -0.2) is 18.5 Å². The highest BCUT2D eigenvalue weighted by Gasteiger charge is 2.10. The topological polar surface area (TPSA) is 55.4 Å². The van der Waals surface area contributed by atoms with Gasteiger partial charge in [-0.25, -0.2) is 4.39 Å². The molecule has 0 saturated heterocycles. The lowest BCUT2D eigenvalue weighted by Crippen LogP contribution is -2.15. The number of halogens is 1. The van der Waals surface area contributed by atoms with Gasteiger partial charge in [-0.1, -0.05) is 12.1 Å². The molecule has 98 valence electrons. The number of anilines is 1. The van der Waals surface area contributed by atoms with Crippen molar-refractivity contribution >= 4 is 17.6 Å². The molecular formula is C13H16FNO3. The maximum atomic E-state index is 13.6. The van der Waals surface area contributed by atoms with Crippen LogP contribution < -0.4 is 5.32 Å². The molecule has 0 aliphatic carbocycles. The van der Waals surface area contributed by atoms with Crippen molar-refractivity contribution in [1.82, 2.24) is 0 Å². The maximum absolute atomic E-state index is 13.6. The minimum absolute atomic E-state index is 0.00684. The van der Waals surface area contributed by atoms with Crippen LogP contribution in [0.2, 0.25) is 0 Å². The monoisotopic (exact) mass is 253 g/mol. The van der Waals surface area contributed by atoms with E-state index >= 15 is 0 Å². The molecule has 1 aromatic rings. The zero-order valence-corrected chi connectivity index (χ0v) is 10.5. The van der Waals surface area contributed by atoms with E-state index in [2.05, 4.69) is 5.32 Å². The average molecular weight is 253 g/mol. The number of hydrogen-bond donors (Lipinski definition) is 1. The Morgan fingerprint density at radius 3 is 2.72 bits per heavy atom. The van der Waals surface area contributed by atoms with Crippen LogP contribution in [0.3, 0.4) is 0 Å². The second-order valence-electron chi connectivity index (χ2n) is 3.79. The molecule has 1 rings (SSSR count). The van der Waals surface area contributed by atoms with Crippen molar-refractivity contribution in [3.63, 3.8) is 0 Å². The Morgan fingerprint density at radius 1 is 1.33 bits per heavy atom. The van der Waals surface area contributed by atoms with Crippen LogP contribution in [0, 0.1) is 12.7 Å². The summed E-state index contributed by atoms with van der Waals surface area (Å²) in [6, 6.07) is 4.74. The second kappa shape index (κ2) is 6.74. The van der Waals surface area contributed by atoms with E-state index < -0.39 is 17.7 Å². The molecule has 0 atom stereocenters. The molecule has 0 radical (unpaired) electrons. The van der Waals surface area contributed by atoms with Gasteiger partial charge >= 0.3 is 5.97 Å². The lowest BCUT2D eigenvalue weighted by molar-refractivity contribution is -0.144. The van der Waals surface area contributed by atoms with Crippen LogP contribution in [0.4, 0.5) is 10.1 Å². The molecule has 0 fully saturated rings. The van der Waals surface area contributed by atoms with Crippen molar-refractivity contribution in [2.24, 2.45) is 0 Å². The summed E-state index contributed by atoms with van der Waals surface area (Å²) in [5.41, 5.74) is 0.585. The lowest BCUT2D eigenvalue weighted by atomic mass is 10.2. The largest absolute Gasteiger partial charge is 0.466 e. The summed E-state index contributed by atoms with van der Waals surface area (Å²) in [7, 11) is 0. The Morgan fingerprint density at radius 2 is 2.06 bits per heavy atom. The van der Waals surface area contributed by atoms with Crippen molar-refractivity contribution in [2.45, 2.75) is 26.7 Å². The van der Waals surface area contributed by atoms with Crippen molar-refractivity contribution in [3.05, 3.63) is 29.6 Å². The quantitative estimate of drug-likeness (QED) is 0.820. The summed E-state index contributed by atoms with van der Waals surface area (Å²) in [5, 5.41) is 2.43. The maximum Gasteiger partial charge on any atom is 0.306 e. The zero-order chi connectivity index (χ0) is 13.5. The number of ether oxygens (including phenoxy) is 1. The number of carbonyl (C=O) groups excluding carboxylic acids is 2. The summed E-state index contributed by atoms with van der Waals surface area (Å²) in [5.74, 6) is -1.30. The molecule has 0 unspecified atom stereocenters. The summed E-state index contributed by atoms with van der Waals surface area (Å²) in [6.45, 7) is 3.59. The van der Waals surface area contributed by atoms with E-state index in [4.69, 9.17) is 4.74 Å². The number of benzene rings is 1. The first-order valence-corrected chi connectivity index (χ1v) is 5.75. The molecule has 18 heavy (non-hydrogen) atoms.